The molecule has 0 aliphatic rings. The first-order chi connectivity index (χ1) is 9.85. The Morgan fingerprint density at radius 3 is 1.05 bits per heavy atom. The second-order valence-electron chi connectivity index (χ2n) is 5.67. The minimum absolute atomic E-state index is 0. The summed E-state index contributed by atoms with van der Waals surface area (Å²) < 4.78 is 0. The minimum Gasteiger partial charge on any atom is -0.677 e. The van der Waals surface area contributed by atoms with Gasteiger partial charge in [0, 0.05) is 8.07 Å². The third kappa shape index (κ3) is 28.5. The van der Waals surface area contributed by atoms with Gasteiger partial charge in [-0.15, -0.1) is 0 Å². The molecule has 0 saturated carbocycles. The molecule has 0 unspecified atom stereocenters. The van der Waals surface area contributed by atoms with E-state index >= 15 is 0 Å². The van der Waals surface area contributed by atoms with Crippen molar-refractivity contribution in [3.05, 3.63) is 41.5 Å². The molecule has 0 saturated heterocycles. The van der Waals surface area contributed by atoms with Crippen LogP contribution in [0.5, 0.6) is 0 Å². The Hall–Kier alpha value is 0.317. The molecule has 0 spiro atoms. The summed E-state index contributed by atoms with van der Waals surface area (Å²) >= 11 is 0. The molecule has 0 aromatic heterocycles. The first kappa shape index (κ1) is 30.2. The van der Waals surface area contributed by atoms with E-state index in [1.165, 1.54) is 0 Å². The van der Waals surface area contributed by atoms with E-state index in [0.717, 1.165) is 19.3 Å². The molecule has 0 aliphatic heterocycles. The summed E-state index contributed by atoms with van der Waals surface area (Å²) in [6, 6.07) is 8.69. The molecule has 0 aliphatic carbocycles. The van der Waals surface area contributed by atoms with E-state index in [9.17, 15) is 0 Å². The fourth-order valence-electron chi connectivity index (χ4n) is 0.874. The van der Waals surface area contributed by atoms with Gasteiger partial charge in [-0.25, -0.2) is 12.1 Å². The average Bonchev–Trinajstić information content (AvgIpc) is 3.02. The molecule has 5 heteroatoms. The third-order valence-electron chi connectivity index (χ3n) is 2.28. The molecule has 0 bridgehead atoms. The van der Waals surface area contributed by atoms with Crippen LogP contribution in [0.15, 0.2) is 24.3 Å². The van der Waals surface area contributed by atoms with Crippen molar-refractivity contribution < 1.29 is 25.8 Å². The molecule has 128 valence electrons. The predicted octanol–water partition coefficient (Wildman–Crippen LogP) is 6.29. The second-order valence-corrected chi connectivity index (χ2v) is 10.8. The fourth-order valence-corrected chi connectivity index (χ4v) is 2.07. The molecule has 22 heavy (non-hydrogen) atoms. The summed E-state index contributed by atoms with van der Waals surface area (Å²) in [5.74, 6) is 0. The number of rotatable bonds is 4. The van der Waals surface area contributed by atoms with Crippen LogP contribution < -0.4 is 5.19 Å². The van der Waals surface area contributed by atoms with Crippen LogP contribution >= 0.6 is 0 Å². The van der Waals surface area contributed by atoms with Crippen LogP contribution in [0.4, 0.5) is 0 Å². The van der Waals surface area contributed by atoms with E-state index in [4.69, 9.17) is 17.2 Å². The van der Waals surface area contributed by atoms with Gasteiger partial charge < -0.3 is 17.2 Å². The first-order valence-corrected chi connectivity index (χ1v) is 11.5. The topological polar surface area (TPSA) is 71.4 Å². The Kier molecular flexibility index (Phi) is 32.4. The van der Waals surface area contributed by atoms with Crippen LogP contribution in [-0.2, 0) is 25.8 Å². The van der Waals surface area contributed by atoms with Gasteiger partial charge >= 0.3 is 25.8 Å². The number of hydrogen-bond acceptors (Lipinski definition) is 0. The molecule has 3 N–H and O–H groups in total. The van der Waals surface area contributed by atoms with Gasteiger partial charge in [0.05, 0.1) is 0 Å². The molecule has 1 aromatic rings. The van der Waals surface area contributed by atoms with Gasteiger partial charge in [0.2, 0.25) is 0 Å². The average molecular weight is 490 g/mol. The molecule has 0 radical (unpaired) electrons. The monoisotopic (exact) mass is 491 g/mol. The van der Waals surface area contributed by atoms with Gasteiger partial charge in [-0.3, -0.25) is 0 Å². The molecule has 0 atom stereocenters. The summed E-state index contributed by atoms with van der Waals surface area (Å²) in [6.07, 6.45) is 2.96. The van der Waals surface area contributed by atoms with Crippen molar-refractivity contribution in [2.75, 3.05) is 19.6 Å². The van der Waals surface area contributed by atoms with Crippen LogP contribution in [0.2, 0.25) is 19.6 Å². The molecule has 3 nitrogen and oxygen atoms in total. The smallest absolute Gasteiger partial charge is 0.677 e. The van der Waals surface area contributed by atoms with Crippen molar-refractivity contribution >= 4 is 13.3 Å². The van der Waals surface area contributed by atoms with Gasteiger partial charge in [-0.1, -0.05) is 59.7 Å². The van der Waals surface area contributed by atoms with Crippen LogP contribution in [0, 0.1) is 0 Å². The number of hydrogen-bond donors (Lipinski definition) is 0. The molecular formula is C17H37HfN3Si. The van der Waals surface area contributed by atoms with Gasteiger partial charge in [0.25, 0.3) is 0 Å². The molecule has 0 heterocycles. The van der Waals surface area contributed by atoms with Gasteiger partial charge in [-0.2, -0.15) is 37.0 Å². The predicted molar refractivity (Wildman–Crippen MR) is 103 cm³/mol. The van der Waals surface area contributed by atoms with Gasteiger partial charge in [-0.05, 0) is 0 Å². The van der Waals surface area contributed by atoms with Crippen LogP contribution in [0.3, 0.4) is 0 Å². The SMILES string of the molecule is CCC[NH-].CCC[NH-].CCC[NH-].C[Si](C)(C)[c-]1cccc1.[Hf+4]. The Balaban J connectivity index is -0.000000107. The van der Waals surface area contributed by atoms with Gasteiger partial charge in [0.15, 0.2) is 0 Å². The zero-order valence-corrected chi connectivity index (χ0v) is 20.1. The van der Waals surface area contributed by atoms with Crippen molar-refractivity contribution in [3.63, 3.8) is 0 Å². The van der Waals surface area contributed by atoms with Crippen molar-refractivity contribution in [1.29, 1.82) is 0 Å². The normalized spacial score (nSPS) is 8.95. The molecule has 0 fully saturated rings. The Morgan fingerprint density at radius 2 is 0.955 bits per heavy atom. The summed E-state index contributed by atoms with van der Waals surface area (Å²) in [4.78, 5) is 0. The van der Waals surface area contributed by atoms with Crippen LogP contribution in [-0.4, -0.2) is 27.7 Å². The zero-order valence-electron chi connectivity index (χ0n) is 15.6. The molecule has 0 amide bonds. The maximum Gasteiger partial charge on any atom is 4.00 e. The minimum atomic E-state index is -0.981. The summed E-state index contributed by atoms with van der Waals surface area (Å²) in [7, 11) is -0.981. The molecule has 1 aromatic carbocycles. The van der Waals surface area contributed by atoms with Crippen molar-refractivity contribution in [2.24, 2.45) is 0 Å². The van der Waals surface area contributed by atoms with Gasteiger partial charge in [0.1, 0.15) is 0 Å². The molecule has 1 rings (SSSR count). The van der Waals surface area contributed by atoms with Crippen molar-refractivity contribution in [2.45, 2.75) is 59.7 Å². The van der Waals surface area contributed by atoms with Crippen LogP contribution in [0.1, 0.15) is 40.0 Å². The van der Waals surface area contributed by atoms with E-state index in [2.05, 4.69) is 43.9 Å². The summed E-state index contributed by atoms with van der Waals surface area (Å²) in [5.41, 5.74) is 19.4. The standard InChI is InChI=1S/C8H13Si.3C3H8N.Hf/c1-9(2,3)8-6-4-5-7-8;3*1-2-3-4;/h4-7H,1-3H3;3*4H,2-3H2,1H3;/q4*-1;+4. The molecular weight excluding hydrogens is 453 g/mol. The maximum atomic E-state index is 6.45. The summed E-state index contributed by atoms with van der Waals surface area (Å²) in [5, 5.41) is 1.56. The van der Waals surface area contributed by atoms with Crippen LogP contribution in [0.25, 0.3) is 17.2 Å². The Labute approximate surface area is 159 Å². The third-order valence-corrected chi connectivity index (χ3v) is 4.34. The van der Waals surface area contributed by atoms with Crippen molar-refractivity contribution in [1.82, 2.24) is 0 Å². The largest absolute Gasteiger partial charge is 4.00 e. The first-order valence-electron chi connectivity index (χ1n) is 8.01. The Morgan fingerprint density at radius 1 is 0.727 bits per heavy atom. The zero-order chi connectivity index (χ0) is 17.1. The maximum absolute atomic E-state index is 6.45. The van der Waals surface area contributed by atoms with E-state index < -0.39 is 8.07 Å². The Bertz CT molecular complexity index is 244. The van der Waals surface area contributed by atoms with E-state index in [-0.39, 0.29) is 25.8 Å². The van der Waals surface area contributed by atoms with E-state index in [1.807, 2.05) is 20.8 Å². The quantitative estimate of drug-likeness (QED) is 0.352. The van der Waals surface area contributed by atoms with E-state index in [0.29, 0.717) is 19.6 Å². The fraction of sp³-hybridized carbons (Fsp3) is 0.706. The van der Waals surface area contributed by atoms with E-state index in [1.54, 1.807) is 5.19 Å². The number of nitrogens with one attached hydrogen (secondary N) is 3. The van der Waals surface area contributed by atoms with Crippen molar-refractivity contribution in [3.8, 4) is 0 Å². The second kappa shape index (κ2) is 23.6. The summed E-state index contributed by atoms with van der Waals surface area (Å²) in [6.45, 7) is 14.8.